The molecule has 110 valence electrons. The van der Waals surface area contributed by atoms with Crippen molar-refractivity contribution in [1.82, 2.24) is 15.4 Å². The number of nitrogens with zero attached hydrogens (tertiary/aromatic N) is 2. The third-order valence-corrected chi connectivity index (χ3v) is 2.43. The van der Waals surface area contributed by atoms with Gasteiger partial charge in [0.25, 0.3) is 0 Å². The lowest BCUT2D eigenvalue weighted by Crippen LogP contribution is -2.71. The van der Waals surface area contributed by atoms with Gasteiger partial charge in [0, 0.05) is 32.7 Å². The van der Waals surface area contributed by atoms with Crippen LogP contribution in [0.2, 0.25) is 0 Å². The molecular formula is C8H22N4O6. The molecule has 0 radical (unpaired) electrons. The van der Waals surface area contributed by atoms with E-state index in [1.54, 1.807) is 0 Å². The second kappa shape index (κ2) is 7.25. The lowest BCUT2D eigenvalue weighted by atomic mass is 10.3. The zero-order chi connectivity index (χ0) is 14.4. The van der Waals surface area contributed by atoms with E-state index >= 15 is 0 Å². The Kier molecular flexibility index (Phi) is 7.09. The van der Waals surface area contributed by atoms with Crippen molar-refractivity contribution in [3.63, 3.8) is 0 Å². The van der Waals surface area contributed by atoms with Gasteiger partial charge >= 0.3 is 11.8 Å². The number of aliphatic hydroxyl groups is 4. The van der Waals surface area contributed by atoms with Crippen LogP contribution >= 0.6 is 0 Å². The van der Waals surface area contributed by atoms with Crippen LogP contribution in [0.15, 0.2) is 0 Å². The molecule has 0 bridgehead atoms. The number of nitrogens with two attached hydrogens (primary N) is 1. The van der Waals surface area contributed by atoms with Gasteiger partial charge in [-0.15, -0.1) is 0 Å². The van der Waals surface area contributed by atoms with Crippen LogP contribution in [-0.2, 0) is 0 Å². The van der Waals surface area contributed by atoms with Crippen LogP contribution in [0.4, 0.5) is 0 Å². The zero-order valence-electron chi connectivity index (χ0n) is 10.2. The van der Waals surface area contributed by atoms with Crippen molar-refractivity contribution < 1.29 is 30.8 Å². The maximum absolute atomic E-state index is 9.60. The van der Waals surface area contributed by atoms with Crippen LogP contribution < -0.4 is 11.1 Å². The molecule has 0 heterocycles. The van der Waals surface area contributed by atoms with Gasteiger partial charge in [0.2, 0.25) is 0 Å². The van der Waals surface area contributed by atoms with Gasteiger partial charge in [-0.25, -0.2) is 4.90 Å². The maximum Gasteiger partial charge on any atom is 0.343 e. The van der Waals surface area contributed by atoms with E-state index in [0.717, 1.165) is 4.90 Å². The first-order valence-corrected chi connectivity index (χ1v) is 5.45. The van der Waals surface area contributed by atoms with Gasteiger partial charge < -0.3 is 31.5 Å². The summed E-state index contributed by atoms with van der Waals surface area (Å²) < 4.78 is 0. The first-order valence-electron chi connectivity index (χ1n) is 5.45. The molecule has 0 saturated carbocycles. The normalized spacial score (nSPS) is 13.7. The van der Waals surface area contributed by atoms with E-state index in [-0.39, 0.29) is 13.1 Å². The summed E-state index contributed by atoms with van der Waals surface area (Å²) in [7, 11) is 0. The van der Waals surface area contributed by atoms with Crippen molar-refractivity contribution in [2.45, 2.75) is 18.7 Å². The number of hydrogen-bond acceptors (Lipinski definition) is 10. The van der Waals surface area contributed by atoms with Crippen molar-refractivity contribution in [2.75, 3.05) is 32.7 Å². The summed E-state index contributed by atoms with van der Waals surface area (Å²) in [4.78, 5) is 0.829. The number of likely N-dealkylation sites (N-methyl/N-ethyl adjacent to an activating group) is 1. The van der Waals surface area contributed by atoms with Gasteiger partial charge in [-0.2, -0.15) is 0 Å². The molecule has 0 aliphatic heterocycles. The van der Waals surface area contributed by atoms with Crippen LogP contribution in [0.5, 0.6) is 0 Å². The Morgan fingerprint density at radius 2 is 1.61 bits per heavy atom. The minimum Gasteiger partial charge on any atom is -0.348 e. The topological polar surface area (TPSA) is 166 Å². The smallest absolute Gasteiger partial charge is 0.343 e. The number of hydrogen-bond donors (Lipinski definition) is 8. The number of rotatable bonds is 9. The molecule has 10 heteroatoms. The molecule has 0 aromatic rings. The standard InChI is InChI=1S/C8H22N4O6/c1-2-11(6-5-10-4-3-9)7(13,14)8(15,16)12(17)18/h10,13-18H,2-6,9H2,1H3. The van der Waals surface area contributed by atoms with Crippen LogP contribution in [0, 0.1) is 0 Å². The lowest BCUT2D eigenvalue weighted by Gasteiger charge is -2.42. The van der Waals surface area contributed by atoms with Gasteiger partial charge in [-0.05, 0) is 5.23 Å². The molecule has 0 amide bonds. The molecule has 0 spiro atoms. The average molecular weight is 270 g/mol. The molecule has 0 fully saturated rings. The van der Waals surface area contributed by atoms with E-state index in [4.69, 9.17) is 16.1 Å². The van der Waals surface area contributed by atoms with Gasteiger partial charge in [0.05, 0.1) is 0 Å². The molecule has 9 N–H and O–H groups in total. The predicted molar refractivity (Wildman–Crippen MR) is 58.9 cm³/mol. The molecule has 0 aliphatic carbocycles. The quantitative estimate of drug-likeness (QED) is 0.118. The predicted octanol–water partition coefficient (Wildman–Crippen LogP) is -3.79. The number of hydroxylamine groups is 2. The largest absolute Gasteiger partial charge is 0.348 e. The maximum atomic E-state index is 9.60. The highest BCUT2D eigenvalue weighted by Crippen LogP contribution is 2.22. The van der Waals surface area contributed by atoms with Crippen LogP contribution in [0.3, 0.4) is 0 Å². The summed E-state index contributed by atoms with van der Waals surface area (Å²) in [5.41, 5.74) is 5.25. The van der Waals surface area contributed by atoms with E-state index in [0.29, 0.717) is 19.6 Å². The van der Waals surface area contributed by atoms with Crippen molar-refractivity contribution >= 4 is 0 Å². The van der Waals surface area contributed by atoms with Crippen molar-refractivity contribution in [3.05, 3.63) is 0 Å². The molecule has 18 heavy (non-hydrogen) atoms. The second-order valence-electron chi connectivity index (χ2n) is 3.68. The monoisotopic (exact) mass is 270 g/mol. The van der Waals surface area contributed by atoms with Gasteiger partial charge in [-0.3, -0.25) is 10.4 Å². The summed E-state index contributed by atoms with van der Waals surface area (Å²) in [5, 5.41) is 56.6. The fraction of sp³-hybridized carbons (Fsp3) is 1.00. The fourth-order valence-corrected chi connectivity index (χ4v) is 1.32. The minimum atomic E-state index is -3.66. The van der Waals surface area contributed by atoms with E-state index in [9.17, 15) is 20.4 Å². The summed E-state index contributed by atoms with van der Waals surface area (Å²) in [6, 6.07) is 0. The Morgan fingerprint density at radius 3 is 2.00 bits per heavy atom. The average Bonchev–Trinajstić information content (AvgIpc) is 2.28. The number of nitrogens with one attached hydrogen (secondary N) is 1. The molecule has 0 saturated heterocycles. The van der Waals surface area contributed by atoms with Crippen molar-refractivity contribution in [3.8, 4) is 0 Å². The van der Waals surface area contributed by atoms with Crippen LogP contribution in [0.1, 0.15) is 6.92 Å². The summed E-state index contributed by atoms with van der Waals surface area (Å²) in [6.45, 7) is 2.77. The molecule has 0 aliphatic rings. The zero-order valence-corrected chi connectivity index (χ0v) is 10.2. The van der Waals surface area contributed by atoms with Gasteiger partial charge in [0.1, 0.15) is 0 Å². The highest BCUT2D eigenvalue weighted by atomic mass is 16.9. The summed E-state index contributed by atoms with van der Waals surface area (Å²) >= 11 is 0. The van der Waals surface area contributed by atoms with Crippen molar-refractivity contribution in [1.29, 1.82) is 0 Å². The van der Waals surface area contributed by atoms with E-state index in [1.807, 2.05) is 0 Å². The Bertz CT molecular complexity index is 238. The molecule has 0 aromatic heterocycles. The van der Waals surface area contributed by atoms with Gasteiger partial charge in [-0.1, -0.05) is 6.92 Å². The third kappa shape index (κ3) is 4.07. The Hall–Kier alpha value is -0.400. The third-order valence-electron chi connectivity index (χ3n) is 2.43. The Morgan fingerprint density at radius 1 is 1.06 bits per heavy atom. The highest BCUT2D eigenvalue weighted by Gasteiger charge is 2.56. The van der Waals surface area contributed by atoms with Crippen LogP contribution in [0.25, 0.3) is 0 Å². The minimum absolute atomic E-state index is 0.0141. The summed E-state index contributed by atoms with van der Waals surface area (Å²) in [5.74, 6) is -6.92. The molecule has 0 rings (SSSR count). The van der Waals surface area contributed by atoms with Crippen molar-refractivity contribution in [2.24, 2.45) is 5.73 Å². The SMILES string of the molecule is CCN(CCNCCN)C(O)(O)C(O)(O)N(O)O. The molecule has 0 atom stereocenters. The van der Waals surface area contributed by atoms with Gasteiger partial charge in [0.15, 0.2) is 0 Å². The molecule has 0 unspecified atom stereocenters. The first-order chi connectivity index (χ1) is 8.21. The molecule has 10 nitrogen and oxygen atoms in total. The lowest BCUT2D eigenvalue weighted by molar-refractivity contribution is -0.557. The summed E-state index contributed by atoms with van der Waals surface area (Å²) in [6.07, 6.45) is 0. The van der Waals surface area contributed by atoms with E-state index < -0.39 is 17.0 Å². The fourth-order valence-electron chi connectivity index (χ4n) is 1.32. The van der Waals surface area contributed by atoms with Crippen LogP contribution in [-0.4, -0.2) is 85.5 Å². The molecular weight excluding hydrogens is 248 g/mol. The molecule has 0 aromatic carbocycles. The first kappa shape index (κ1) is 17.6. The second-order valence-corrected chi connectivity index (χ2v) is 3.68. The Balaban J connectivity index is 4.61. The highest BCUT2D eigenvalue weighted by molar-refractivity contribution is 4.78. The van der Waals surface area contributed by atoms with E-state index in [2.05, 4.69) is 5.32 Å². The Labute approximate surface area is 104 Å². The van der Waals surface area contributed by atoms with E-state index in [1.165, 1.54) is 6.92 Å².